The van der Waals surface area contributed by atoms with E-state index in [-0.39, 0.29) is 11.1 Å². The second-order valence-corrected chi connectivity index (χ2v) is 9.60. The molecule has 0 amide bonds. The van der Waals surface area contributed by atoms with Crippen molar-refractivity contribution in [3.63, 3.8) is 0 Å². The number of carbonyl (C=O) groups is 2. The van der Waals surface area contributed by atoms with Crippen LogP contribution in [0.5, 0.6) is 0 Å². The monoisotopic (exact) mass is 460 g/mol. The van der Waals surface area contributed by atoms with Gasteiger partial charge in [0.15, 0.2) is 11.5 Å². The number of aromatic amines is 2. The summed E-state index contributed by atoms with van der Waals surface area (Å²) >= 11 is 6.04. The van der Waals surface area contributed by atoms with E-state index in [2.05, 4.69) is 9.97 Å². The zero-order valence-electron chi connectivity index (χ0n) is 18.2. The number of rotatable bonds is 2. The molecule has 166 valence electrons. The molecule has 0 atom stereocenters. The first-order chi connectivity index (χ1) is 15.6. The lowest BCUT2D eigenvalue weighted by Crippen LogP contribution is -2.24. The second-order valence-electron chi connectivity index (χ2n) is 9.17. The Morgan fingerprint density at radius 3 is 2.24 bits per heavy atom. The van der Waals surface area contributed by atoms with Gasteiger partial charge in [-0.2, -0.15) is 0 Å². The second kappa shape index (κ2) is 7.12. The molecule has 0 saturated carbocycles. The predicted octanol–water partition coefficient (Wildman–Crippen LogP) is 5.99. The van der Waals surface area contributed by atoms with Crippen LogP contribution >= 0.6 is 11.6 Å². The highest BCUT2D eigenvalue weighted by Gasteiger charge is 2.40. The smallest absolute Gasteiger partial charge is 0.232 e. The third kappa shape index (κ3) is 3.09. The quantitative estimate of drug-likeness (QED) is 0.275. The fourth-order valence-electron chi connectivity index (χ4n) is 4.43. The van der Waals surface area contributed by atoms with Crippen molar-refractivity contribution in [3.05, 3.63) is 82.0 Å². The van der Waals surface area contributed by atoms with Gasteiger partial charge in [-0.1, -0.05) is 56.6 Å². The van der Waals surface area contributed by atoms with Crippen LogP contribution in [0.15, 0.2) is 60.2 Å². The molecular weight excluding hydrogens is 440 g/mol. The number of benzene rings is 2. The van der Waals surface area contributed by atoms with Gasteiger partial charge in [-0.05, 0) is 18.2 Å². The minimum Gasteiger partial charge on any atom is -0.504 e. The maximum absolute atomic E-state index is 13.5. The number of hydrogen-bond acceptors (Lipinski definition) is 4. The summed E-state index contributed by atoms with van der Waals surface area (Å²) in [5.41, 5.74) is 1.95. The number of aliphatic hydroxyl groups excluding tert-OH is 2. The van der Waals surface area contributed by atoms with Crippen molar-refractivity contribution in [1.82, 2.24) is 9.97 Å². The topological polar surface area (TPSA) is 106 Å². The Bertz CT molecular complexity index is 1560. The first-order valence-electron chi connectivity index (χ1n) is 10.4. The Balaban J connectivity index is 1.75. The molecule has 33 heavy (non-hydrogen) atoms. The Kier molecular flexibility index (Phi) is 4.55. The molecule has 0 radical (unpaired) electrons. The number of carbonyl (C=O) groups excluding carboxylic acids is 2. The minimum absolute atomic E-state index is 0.202. The van der Waals surface area contributed by atoms with Crippen molar-refractivity contribution in [1.29, 1.82) is 0 Å². The fourth-order valence-corrected chi connectivity index (χ4v) is 4.60. The van der Waals surface area contributed by atoms with Crippen LogP contribution in [-0.2, 0) is 15.0 Å². The lowest BCUT2D eigenvalue weighted by Gasteiger charge is -2.23. The highest BCUT2D eigenvalue weighted by molar-refractivity contribution is 6.48. The molecule has 0 saturated heterocycles. The summed E-state index contributed by atoms with van der Waals surface area (Å²) in [6.07, 6.45) is 1.52. The summed E-state index contributed by atoms with van der Waals surface area (Å²) < 4.78 is 0. The SMILES string of the molecule is CC(C)(C)c1[nH]c2ccccc2c1C1=C(O)C(=O)C(c2c[nH]c3cc(Cl)ccc23)=C(O)C1=O. The number of hydrogen-bond donors (Lipinski definition) is 4. The van der Waals surface area contributed by atoms with E-state index in [1.54, 1.807) is 18.2 Å². The Morgan fingerprint density at radius 2 is 1.52 bits per heavy atom. The molecule has 0 fully saturated rings. The molecule has 4 aromatic rings. The van der Waals surface area contributed by atoms with Gasteiger partial charge < -0.3 is 20.2 Å². The van der Waals surface area contributed by atoms with E-state index < -0.39 is 28.5 Å². The maximum atomic E-state index is 13.5. The van der Waals surface area contributed by atoms with E-state index in [1.807, 2.05) is 45.0 Å². The molecule has 2 heterocycles. The van der Waals surface area contributed by atoms with Crippen LogP contribution in [0.2, 0.25) is 5.02 Å². The molecule has 2 aromatic carbocycles. The third-order valence-corrected chi connectivity index (χ3v) is 6.21. The number of nitrogens with one attached hydrogen (secondary N) is 2. The molecule has 0 unspecified atom stereocenters. The van der Waals surface area contributed by atoms with Gasteiger partial charge in [-0.15, -0.1) is 0 Å². The zero-order chi connectivity index (χ0) is 23.7. The average Bonchev–Trinajstić information content (AvgIpc) is 3.35. The van der Waals surface area contributed by atoms with Crippen molar-refractivity contribution >= 4 is 56.1 Å². The highest BCUT2D eigenvalue weighted by atomic mass is 35.5. The van der Waals surface area contributed by atoms with Gasteiger partial charge in [0, 0.05) is 55.3 Å². The van der Waals surface area contributed by atoms with E-state index >= 15 is 0 Å². The van der Waals surface area contributed by atoms with Crippen LogP contribution in [0.3, 0.4) is 0 Å². The minimum atomic E-state index is -0.817. The van der Waals surface area contributed by atoms with Crippen LogP contribution < -0.4 is 0 Å². The van der Waals surface area contributed by atoms with Crippen LogP contribution in [0.1, 0.15) is 37.6 Å². The van der Waals surface area contributed by atoms with Crippen molar-refractivity contribution in [2.24, 2.45) is 0 Å². The number of ketones is 2. The van der Waals surface area contributed by atoms with Crippen LogP contribution in [0.4, 0.5) is 0 Å². The summed E-state index contributed by atoms with van der Waals surface area (Å²) in [4.78, 5) is 33.1. The Hall–Kier alpha value is -3.77. The fraction of sp³-hybridized carbons (Fsp3) is 0.154. The van der Waals surface area contributed by atoms with Crippen LogP contribution in [-0.4, -0.2) is 31.7 Å². The molecule has 0 aliphatic heterocycles. The molecule has 7 heteroatoms. The van der Waals surface area contributed by atoms with Crippen molar-refractivity contribution in [2.45, 2.75) is 26.2 Å². The van der Waals surface area contributed by atoms with Gasteiger partial charge >= 0.3 is 0 Å². The first kappa shape index (κ1) is 21.1. The molecule has 2 aromatic heterocycles. The number of halogens is 1. The summed E-state index contributed by atoms with van der Waals surface area (Å²) in [6, 6.07) is 12.4. The van der Waals surface area contributed by atoms with Gasteiger partial charge in [-0.25, -0.2) is 0 Å². The lowest BCUT2D eigenvalue weighted by atomic mass is 9.81. The molecule has 4 N–H and O–H groups in total. The molecule has 1 aliphatic rings. The number of fused-ring (bicyclic) bond motifs is 2. The van der Waals surface area contributed by atoms with Gasteiger partial charge in [-0.3, -0.25) is 9.59 Å². The van der Waals surface area contributed by atoms with E-state index in [0.717, 1.165) is 5.52 Å². The van der Waals surface area contributed by atoms with Gasteiger partial charge in [0.05, 0.1) is 11.1 Å². The first-order valence-corrected chi connectivity index (χ1v) is 10.8. The normalized spacial score (nSPS) is 15.4. The zero-order valence-corrected chi connectivity index (χ0v) is 19.0. The molecule has 1 aliphatic carbocycles. The van der Waals surface area contributed by atoms with Gasteiger partial charge in [0.1, 0.15) is 0 Å². The summed E-state index contributed by atoms with van der Waals surface area (Å²) in [5, 5.41) is 23.8. The highest BCUT2D eigenvalue weighted by Crippen LogP contribution is 2.42. The summed E-state index contributed by atoms with van der Waals surface area (Å²) in [6.45, 7) is 5.89. The molecule has 0 spiro atoms. The molecule has 0 bridgehead atoms. The predicted molar refractivity (Wildman–Crippen MR) is 129 cm³/mol. The third-order valence-electron chi connectivity index (χ3n) is 5.98. The van der Waals surface area contributed by atoms with Crippen molar-refractivity contribution in [3.8, 4) is 0 Å². The summed E-state index contributed by atoms with van der Waals surface area (Å²) in [7, 11) is 0. The number of Topliss-reactive ketones (excluding diaryl/α,β-unsaturated/α-hetero) is 2. The molecular formula is C26H21ClN2O4. The summed E-state index contributed by atoms with van der Waals surface area (Å²) in [5.74, 6) is -3.01. The van der Waals surface area contributed by atoms with E-state index in [0.29, 0.717) is 38.1 Å². The van der Waals surface area contributed by atoms with E-state index in [1.165, 1.54) is 6.20 Å². The van der Waals surface area contributed by atoms with Crippen molar-refractivity contribution in [2.75, 3.05) is 0 Å². The van der Waals surface area contributed by atoms with Gasteiger partial charge in [0.2, 0.25) is 11.6 Å². The number of allylic oxidation sites excluding steroid dienone is 2. The molecule has 5 rings (SSSR count). The number of aromatic nitrogens is 2. The Morgan fingerprint density at radius 1 is 0.848 bits per heavy atom. The van der Waals surface area contributed by atoms with E-state index in [9.17, 15) is 19.8 Å². The lowest BCUT2D eigenvalue weighted by molar-refractivity contribution is -0.116. The Labute approximate surface area is 194 Å². The van der Waals surface area contributed by atoms with E-state index in [4.69, 9.17) is 11.6 Å². The van der Waals surface area contributed by atoms with Crippen LogP contribution in [0.25, 0.3) is 33.0 Å². The number of H-pyrrole nitrogens is 2. The average molecular weight is 461 g/mol. The standard InChI is InChI=1S/C26H21ClN2O4/c1-26(2,3)25-18(14-6-4-5-7-16(14)29-25)20-23(32)21(30)19(22(31)24(20)33)15-11-28-17-10-12(27)8-9-13(15)17/h4-11,28-30,33H,1-3H3. The van der Waals surface area contributed by atoms with Gasteiger partial charge in [0.25, 0.3) is 0 Å². The molecule has 6 nitrogen and oxygen atoms in total. The van der Waals surface area contributed by atoms with Crippen molar-refractivity contribution < 1.29 is 19.8 Å². The number of aliphatic hydroxyl groups is 2. The largest absolute Gasteiger partial charge is 0.504 e. The maximum Gasteiger partial charge on any atom is 0.232 e. The van der Waals surface area contributed by atoms with Crippen LogP contribution in [0, 0.1) is 0 Å². The number of para-hydroxylation sites is 1.